The van der Waals surface area contributed by atoms with Crippen LogP contribution in [-0.4, -0.2) is 11.2 Å². The second-order valence-corrected chi connectivity index (χ2v) is 2.68. The Morgan fingerprint density at radius 1 is 1.62 bits per heavy atom. The molecule has 0 aliphatic heterocycles. The Balaban J connectivity index is 2.23. The summed E-state index contributed by atoms with van der Waals surface area (Å²) in [6.45, 7) is 2.16. The van der Waals surface area contributed by atoms with Crippen LogP contribution in [0.25, 0.3) is 0 Å². The molecule has 0 saturated heterocycles. The molecule has 0 aromatic rings. The fourth-order valence-electron chi connectivity index (χ4n) is 1.22. The summed E-state index contributed by atoms with van der Waals surface area (Å²) in [5, 5.41) is 9.06. The highest BCUT2D eigenvalue weighted by molar-refractivity contribution is 4.81. The molecule has 2 unspecified atom stereocenters. The lowest BCUT2D eigenvalue weighted by atomic mass is 9.89. The molecule has 1 N–H and O–H groups in total. The predicted molar refractivity (Wildman–Crippen MR) is 33.3 cm³/mol. The van der Waals surface area contributed by atoms with Crippen LogP contribution in [0.4, 0.5) is 0 Å². The monoisotopic (exact) mass is 113 g/mol. The van der Waals surface area contributed by atoms with Crippen molar-refractivity contribution >= 4 is 0 Å². The van der Waals surface area contributed by atoms with Crippen LogP contribution < -0.4 is 0 Å². The average Bonchev–Trinajstić information content (AvgIpc) is 1.64. The second-order valence-electron chi connectivity index (χ2n) is 2.68. The normalized spacial score (nSPS) is 39.8. The molecule has 0 bridgehead atoms. The maximum atomic E-state index is 9.06. The van der Waals surface area contributed by atoms with Crippen LogP contribution in [0, 0.1) is 12.3 Å². The van der Waals surface area contributed by atoms with E-state index in [9.17, 15) is 0 Å². The van der Waals surface area contributed by atoms with Crippen LogP contribution in [0.15, 0.2) is 0 Å². The largest absolute Gasteiger partial charge is 0.393 e. The first-order valence-corrected chi connectivity index (χ1v) is 3.30. The van der Waals surface area contributed by atoms with Gasteiger partial charge in [-0.05, 0) is 31.6 Å². The molecule has 0 heterocycles. The van der Waals surface area contributed by atoms with E-state index in [4.69, 9.17) is 5.11 Å². The molecular weight excluding hydrogens is 100 g/mol. The van der Waals surface area contributed by atoms with Gasteiger partial charge in [0.15, 0.2) is 0 Å². The molecule has 0 amide bonds. The SMILES string of the molecule is CC1[CH]CCC(O)C1. The van der Waals surface area contributed by atoms with Gasteiger partial charge in [-0.15, -0.1) is 0 Å². The molecule has 1 nitrogen and oxygen atoms in total. The van der Waals surface area contributed by atoms with Crippen LogP contribution in [0.5, 0.6) is 0 Å². The Labute approximate surface area is 50.7 Å². The van der Waals surface area contributed by atoms with E-state index in [1.165, 1.54) is 0 Å². The van der Waals surface area contributed by atoms with Gasteiger partial charge in [0.1, 0.15) is 0 Å². The third-order valence-electron chi connectivity index (χ3n) is 1.71. The van der Waals surface area contributed by atoms with Gasteiger partial charge in [0.2, 0.25) is 0 Å². The molecule has 1 rings (SSSR count). The Bertz CT molecular complexity index is 62.8. The summed E-state index contributed by atoms with van der Waals surface area (Å²) in [5.41, 5.74) is 0. The van der Waals surface area contributed by atoms with E-state index in [0.29, 0.717) is 5.92 Å². The van der Waals surface area contributed by atoms with E-state index in [0.717, 1.165) is 19.3 Å². The molecular formula is C7H13O. The van der Waals surface area contributed by atoms with Crippen molar-refractivity contribution < 1.29 is 5.11 Å². The quantitative estimate of drug-likeness (QED) is 0.503. The lowest BCUT2D eigenvalue weighted by Crippen LogP contribution is -2.17. The van der Waals surface area contributed by atoms with Crippen LogP contribution >= 0.6 is 0 Å². The van der Waals surface area contributed by atoms with E-state index in [1.54, 1.807) is 0 Å². The van der Waals surface area contributed by atoms with Gasteiger partial charge in [0, 0.05) is 0 Å². The Morgan fingerprint density at radius 2 is 2.38 bits per heavy atom. The van der Waals surface area contributed by atoms with Gasteiger partial charge < -0.3 is 5.11 Å². The zero-order chi connectivity index (χ0) is 5.98. The number of hydrogen-bond acceptors (Lipinski definition) is 1. The van der Waals surface area contributed by atoms with Crippen molar-refractivity contribution in [2.75, 3.05) is 0 Å². The number of hydrogen-bond donors (Lipinski definition) is 1. The average molecular weight is 113 g/mol. The first kappa shape index (κ1) is 6.09. The molecule has 1 aliphatic rings. The Hall–Kier alpha value is -0.0400. The molecule has 1 fully saturated rings. The summed E-state index contributed by atoms with van der Waals surface area (Å²) >= 11 is 0. The fourth-order valence-corrected chi connectivity index (χ4v) is 1.22. The minimum atomic E-state index is -0.0185. The molecule has 0 spiro atoms. The zero-order valence-corrected chi connectivity index (χ0v) is 5.30. The molecule has 47 valence electrons. The van der Waals surface area contributed by atoms with E-state index >= 15 is 0 Å². The smallest absolute Gasteiger partial charge is 0.0543 e. The van der Waals surface area contributed by atoms with Gasteiger partial charge in [-0.1, -0.05) is 6.92 Å². The summed E-state index contributed by atoms with van der Waals surface area (Å²) in [7, 11) is 0. The van der Waals surface area contributed by atoms with Crippen LogP contribution in [0.2, 0.25) is 0 Å². The van der Waals surface area contributed by atoms with Gasteiger partial charge in [-0.25, -0.2) is 0 Å². The minimum Gasteiger partial charge on any atom is -0.393 e. The highest BCUT2D eigenvalue weighted by atomic mass is 16.3. The van der Waals surface area contributed by atoms with E-state index in [2.05, 4.69) is 13.3 Å². The van der Waals surface area contributed by atoms with Gasteiger partial charge in [-0.3, -0.25) is 0 Å². The molecule has 1 heteroatoms. The molecule has 0 aromatic heterocycles. The van der Waals surface area contributed by atoms with E-state index in [1.807, 2.05) is 0 Å². The van der Waals surface area contributed by atoms with Crippen molar-refractivity contribution in [3.05, 3.63) is 6.42 Å². The molecule has 2 atom stereocenters. The zero-order valence-electron chi connectivity index (χ0n) is 5.30. The third-order valence-corrected chi connectivity index (χ3v) is 1.71. The maximum absolute atomic E-state index is 9.06. The van der Waals surface area contributed by atoms with E-state index < -0.39 is 0 Å². The standard InChI is InChI=1S/C7H13O/c1-6-3-2-4-7(8)5-6/h3,6-8H,2,4-5H2,1H3. The van der Waals surface area contributed by atoms with Gasteiger partial charge in [-0.2, -0.15) is 0 Å². The topological polar surface area (TPSA) is 20.2 Å². The molecule has 0 aromatic carbocycles. The van der Waals surface area contributed by atoms with E-state index in [-0.39, 0.29) is 6.10 Å². The molecule has 8 heavy (non-hydrogen) atoms. The highest BCUT2D eigenvalue weighted by Crippen LogP contribution is 2.21. The minimum absolute atomic E-state index is 0.0185. The number of aliphatic hydroxyl groups is 1. The summed E-state index contributed by atoms with van der Waals surface area (Å²) in [5.74, 6) is 0.638. The van der Waals surface area contributed by atoms with Gasteiger partial charge in [0.25, 0.3) is 0 Å². The number of rotatable bonds is 0. The second kappa shape index (κ2) is 2.49. The van der Waals surface area contributed by atoms with Gasteiger partial charge >= 0.3 is 0 Å². The molecule has 1 radical (unpaired) electrons. The molecule has 1 aliphatic carbocycles. The fraction of sp³-hybridized carbons (Fsp3) is 0.857. The Morgan fingerprint density at radius 3 is 2.75 bits per heavy atom. The van der Waals surface area contributed by atoms with Crippen molar-refractivity contribution in [3.8, 4) is 0 Å². The molecule has 1 saturated carbocycles. The first-order valence-electron chi connectivity index (χ1n) is 3.30. The predicted octanol–water partition coefficient (Wildman–Crippen LogP) is 1.37. The van der Waals surface area contributed by atoms with Crippen molar-refractivity contribution in [1.29, 1.82) is 0 Å². The van der Waals surface area contributed by atoms with Crippen molar-refractivity contribution in [2.24, 2.45) is 5.92 Å². The Kier molecular flexibility index (Phi) is 1.90. The van der Waals surface area contributed by atoms with Crippen molar-refractivity contribution in [1.82, 2.24) is 0 Å². The summed E-state index contributed by atoms with van der Waals surface area (Å²) < 4.78 is 0. The summed E-state index contributed by atoms with van der Waals surface area (Å²) in [4.78, 5) is 0. The first-order chi connectivity index (χ1) is 3.79. The summed E-state index contributed by atoms with van der Waals surface area (Å²) in [6.07, 6.45) is 5.31. The van der Waals surface area contributed by atoms with Gasteiger partial charge in [0.05, 0.1) is 6.10 Å². The van der Waals surface area contributed by atoms with Crippen LogP contribution in [0.3, 0.4) is 0 Å². The number of aliphatic hydroxyl groups excluding tert-OH is 1. The lowest BCUT2D eigenvalue weighted by Gasteiger charge is -2.21. The van der Waals surface area contributed by atoms with Crippen molar-refractivity contribution in [2.45, 2.75) is 32.3 Å². The summed E-state index contributed by atoms with van der Waals surface area (Å²) in [6, 6.07) is 0. The lowest BCUT2D eigenvalue weighted by molar-refractivity contribution is 0.124. The van der Waals surface area contributed by atoms with Crippen LogP contribution in [0.1, 0.15) is 26.2 Å². The van der Waals surface area contributed by atoms with Crippen LogP contribution in [-0.2, 0) is 0 Å². The highest BCUT2D eigenvalue weighted by Gasteiger charge is 2.15. The van der Waals surface area contributed by atoms with Crippen molar-refractivity contribution in [3.63, 3.8) is 0 Å². The third kappa shape index (κ3) is 1.48. The maximum Gasteiger partial charge on any atom is 0.0543 e.